The van der Waals surface area contributed by atoms with Crippen LogP contribution in [0.5, 0.6) is 0 Å². The fourth-order valence-electron chi connectivity index (χ4n) is 2.65. The number of hydrogen-bond acceptors (Lipinski definition) is 4. The molecule has 3 rings (SSSR count). The molecular weight excluding hydrogens is 306 g/mol. The Morgan fingerprint density at radius 3 is 2.79 bits per heavy atom. The molecule has 1 N–H and O–H groups in total. The van der Waals surface area contributed by atoms with E-state index in [-0.39, 0.29) is 23.3 Å². The van der Waals surface area contributed by atoms with Crippen molar-refractivity contribution in [2.45, 2.75) is 32.4 Å². The van der Waals surface area contributed by atoms with E-state index < -0.39 is 0 Å². The second kappa shape index (κ2) is 7.40. The minimum absolute atomic E-state index is 0.0763. The van der Waals surface area contributed by atoms with Gasteiger partial charge in [0.2, 0.25) is 0 Å². The molecule has 0 radical (unpaired) electrons. The molecule has 2 aromatic rings. The highest BCUT2D eigenvalue weighted by Gasteiger charge is 2.17. The van der Waals surface area contributed by atoms with Crippen LogP contribution < -0.4 is 10.9 Å². The number of amides is 1. The monoisotopic (exact) mass is 327 g/mol. The van der Waals surface area contributed by atoms with Gasteiger partial charge in [0.15, 0.2) is 0 Å². The van der Waals surface area contributed by atoms with Gasteiger partial charge in [-0.15, -0.1) is 0 Å². The highest BCUT2D eigenvalue weighted by Crippen LogP contribution is 2.10. The van der Waals surface area contributed by atoms with E-state index in [1.54, 1.807) is 0 Å². The van der Waals surface area contributed by atoms with Crippen molar-refractivity contribution < 1.29 is 9.53 Å². The van der Waals surface area contributed by atoms with Gasteiger partial charge in [-0.3, -0.25) is 9.59 Å². The van der Waals surface area contributed by atoms with Crippen molar-refractivity contribution in [1.29, 1.82) is 0 Å². The molecule has 1 unspecified atom stereocenters. The van der Waals surface area contributed by atoms with Gasteiger partial charge in [0.05, 0.1) is 12.6 Å². The number of carbonyl (C=O) groups is 1. The lowest BCUT2D eigenvalue weighted by Crippen LogP contribution is -2.34. The molecule has 0 spiro atoms. The average molecular weight is 327 g/mol. The van der Waals surface area contributed by atoms with E-state index in [2.05, 4.69) is 10.4 Å². The Hall–Kier alpha value is -2.47. The van der Waals surface area contributed by atoms with E-state index in [9.17, 15) is 9.59 Å². The van der Waals surface area contributed by atoms with Crippen LogP contribution in [0, 0.1) is 6.92 Å². The summed E-state index contributed by atoms with van der Waals surface area (Å²) in [6.45, 7) is 3.57. The molecule has 1 atom stereocenters. The molecule has 6 nitrogen and oxygen atoms in total. The van der Waals surface area contributed by atoms with Gasteiger partial charge in [-0.2, -0.15) is 5.10 Å². The summed E-state index contributed by atoms with van der Waals surface area (Å²) in [6, 6.07) is 10.7. The Balaban J connectivity index is 1.69. The number of carbonyl (C=O) groups excluding carboxylic acids is 1. The quantitative estimate of drug-likeness (QED) is 0.903. The number of aromatic nitrogens is 2. The molecule has 0 saturated carbocycles. The molecule has 1 saturated heterocycles. The molecule has 1 amide bonds. The first-order chi connectivity index (χ1) is 11.6. The smallest absolute Gasteiger partial charge is 0.271 e. The number of hydrogen-bond donors (Lipinski definition) is 1. The van der Waals surface area contributed by atoms with E-state index in [4.69, 9.17) is 4.74 Å². The van der Waals surface area contributed by atoms with Gasteiger partial charge >= 0.3 is 0 Å². The number of rotatable bonds is 5. The SMILES string of the molecule is Cc1ccc(Cn2nc(C(=O)NCC3CCCO3)ccc2=O)cc1. The topological polar surface area (TPSA) is 73.2 Å². The average Bonchev–Trinajstić information content (AvgIpc) is 3.10. The summed E-state index contributed by atoms with van der Waals surface area (Å²) in [5.74, 6) is -0.289. The molecule has 0 aliphatic carbocycles. The van der Waals surface area contributed by atoms with Gasteiger partial charge < -0.3 is 10.1 Å². The van der Waals surface area contributed by atoms with Gasteiger partial charge in [-0.25, -0.2) is 4.68 Å². The number of nitrogens with one attached hydrogen (secondary N) is 1. The minimum atomic E-state index is -0.289. The highest BCUT2D eigenvalue weighted by atomic mass is 16.5. The van der Waals surface area contributed by atoms with E-state index in [0.717, 1.165) is 30.6 Å². The third kappa shape index (κ3) is 4.08. The van der Waals surface area contributed by atoms with E-state index >= 15 is 0 Å². The molecule has 1 aromatic carbocycles. The van der Waals surface area contributed by atoms with Gasteiger partial charge in [-0.05, 0) is 31.4 Å². The zero-order chi connectivity index (χ0) is 16.9. The number of benzene rings is 1. The van der Waals surface area contributed by atoms with Crippen molar-refractivity contribution in [2.24, 2.45) is 0 Å². The molecule has 1 aliphatic rings. The Kier molecular flexibility index (Phi) is 5.05. The summed E-state index contributed by atoms with van der Waals surface area (Å²) >= 11 is 0. The minimum Gasteiger partial charge on any atom is -0.376 e. The van der Waals surface area contributed by atoms with Crippen LogP contribution in [0.4, 0.5) is 0 Å². The standard InChI is InChI=1S/C18H21N3O3/c1-13-4-6-14(7-5-13)12-21-17(22)9-8-16(20-21)18(23)19-11-15-3-2-10-24-15/h4-9,15H,2-3,10-12H2,1H3,(H,19,23). The van der Waals surface area contributed by atoms with Crippen molar-refractivity contribution in [2.75, 3.05) is 13.2 Å². The number of ether oxygens (including phenoxy) is 1. The van der Waals surface area contributed by atoms with Gasteiger partial charge in [-0.1, -0.05) is 29.8 Å². The molecular formula is C18H21N3O3. The van der Waals surface area contributed by atoms with E-state index in [1.165, 1.54) is 16.8 Å². The predicted octanol–water partition coefficient (Wildman–Crippen LogP) is 1.51. The molecule has 24 heavy (non-hydrogen) atoms. The van der Waals surface area contributed by atoms with Gasteiger partial charge in [0, 0.05) is 19.2 Å². The van der Waals surface area contributed by atoms with Crippen LogP contribution in [-0.4, -0.2) is 34.9 Å². The van der Waals surface area contributed by atoms with E-state index in [1.807, 2.05) is 31.2 Å². The molecule has 6 heteroatoms. The molecule has 1 fully saturated rings. The summed E-state index contributed by atoms with van der Waals surface area (Å²) in [5, 5.41) is 7.00. The van der Waals surface area contributed by atoms with Gasteiger partial charge in [0.1, 0.15) is 5.69 Å². The maximum Gasteiger partial charge on any atom is 0.271 e. The highest BCUT2D eigenvalue weighted by molar-refractivity contribution is 5.92. The predicted molar refractivity (Wildman–Crippen MR) is 90.1 cm³/mol. The lowest BCUT2D eigenvalue weighted by Gasteiger charge is -2.11. The van der Waals surface area contributed by atoms with Crippen molar-refractivity contribution in [1.82, 2.24) is 15.1 Å². The maximum atomic E-state index is 12.2. The fraction of sp³-hybridized carbons (Fsp3) is 0.389. The van der Waals surface area contributed by atoms with Crippen LogP contribution in [0.25, 0.3) is 0 Å². The van der Waals surface area contributed by atoms with Crippen LogP contribution in [0.3, 0.4) is 0 Å². The van der Waals surface area contributed by atoms with Crippen LogP contribution in [-0.2, 0) is 11.3 Å². The summed E-state index contributed by atoms with van der Waals surface area (Å²) in [5.41, 5.74) is 2.12. The lowest BCUT2D eigenvalue weighted by atomic mass is 10.1. The molecule has 126 valence electrons. The zero-order valence-electron chi connectivity index (χ0n) is 13.7. The van der Waals surface area contributed by atoms with Crippen molar-refractivity contribution in [3.8, 4) is 0 Å². The number of aryl methyl sites for hydroxylation is 1. The van der Waals surface area contributed by atoms with Crippen molar-refractivity contribution >= 4 is 5.91 Å². The molecule has 1 aromatic heterocycles. The maximum absolute atomic E-state index is 12.2. The summed E-state index contributed by atoms with van der Waals surface area (Å²) in [7, 11) is 0. The third-order valence-corrected chi connectivity index (χ3v) is 4.07. The molecule has 1 aliphatic heterocycles. The third-order valence-electron chi connectivity index (χ3n) is 4.07. The number of nitrogens with zero attached hydrogens (tertiary/aromatic N) is 2. The Bertz CT molecular complexity index is 762. The fourth-order valence-corrected chi connectivity index (χ4v) is 2.65. The summed E-state index contributed by atoms with van der Waals surface area (Å²) in [4.78, 5) is 24.2. The van der Waals surface area contributed by atoms with Crippen LogP contribution >= 0.6 is 0 Å². The second-order valence-electron chi connectivity index (χ2n) is 6.05. The van der Waals surface area contributed by atoms with Crippen molar-refractivity contribution in [3.63, 3.8) is 0 Å². The molecule has 0 bridgehead atoms. The normalized spacial score (nSPS) is 17.0. The van der Waals surface area contributed by atoms with Crippen LogP contribution in [0.15, 0.2) is 41.2 Å². The first kappa shape index (κ1) is 16.4. The summed E-state index contributed by atoms with van der Waals surface area (Å²) < 4.78 is 6.79. The van der Waals surface area contributed by atoms with Crippen LogP contribution in [0.1, 0.15) is 34.5 Å². The first-order valence-electron chi connectivity index (χ1n) is 8.15. The lowest BCUT2D eigenvalue weighted by molar-refractivity contribution is 0.0851. The van der Waals surface area contributed by atoms with Crippen LogP contribution in [0.2, 0.25) is 0 Å². The van der Waals surface area contributed by atoms with E-state index in [0.29, 0.717) is 13.1 Å². The first-order valence-corrected chi connectivity index (χ1v) is 8.15. The Labute approximate surface area is 140 Å². The Morgan fingerprint density at radius 1 is 1.29 bits per heavy atom. The molecule has 2 heterocycles. The zero-order valence-corrected chi connectivity index (χ0v) is 13.7. The van der Waals surface area contributed by atoms with Crippen molar-refractivity contribution in [3.05, 3.63) is 63.6 Å². The Morgan fingerprint density at radius 2 is 2.08 bits per heavy atom. The second-order valence-corrected chi connectivity index (χ2v) is 6.05. The van der Waals surface area contributed by atoms with Gasteiger partial charge in [0.25, 0.3) is 11.5 Å². The largest absolute Gasteiger partial charge is 0.376 e. The summed E-state index contributed by atoms with van der Waals surface area (Å²) in [6.07, 6.45) is 2.06.